The van der Waals surface area contributed by atoms with Gasteiger partial charge in [0, 0.05) is 168 Å². The van der Waals surface area contributed by atoms with Gasteiger partial charge in [0.2, 0.25) is 0 Å². The van der Waals surface area contributed by atoms with Gasteiger partial charge in [-0.25, -0.2) is 0 Å². The number of amidine groups is 3. The summed E-state index contributed by atoms with van der Waals surface area (Å²) < 4.78 is 0. The highest BCUT2D eigenvalue weighted by Crippen LogP contribution is 2.50. The summed E-state index contributed by atoms with van der Waals surface area (Å²) in [5.74, 6) is 4.91. The molecule has 9 fully saturated rings. The lowest BCUT2D eigenvalue weighted by Gasteiger charge is -2.62. The van der Waals surface area contributed by atoms with Gasteiger partial charge in [0.15, 0.2) is 0 Å². The summed E-state index contributed by atoms with van der Waals surface area (Å²) in [6.45, 7) is 88.1. The van der Waals surface area contributed by atoms with Crippen molar-refractivity contribution < 1.29 is 14.5 Å². The average molecular weight is 1720 g/mol. The molecule has 12 aliphatic rings. The normalized spacial score (nSPS) is 31.5. The lowest BCUT2D eigenvalue weighted by atomic mass is 9.71. The predicted octanol–water partition coefficient (Wildman–Crippen LogP) is 13.7. The first-order valence-corrected chi connectivity index (χ1v) is 48.2. The van der Waals surface area contributed by atoms with Crippen LogP contribution < -0.4 is 75.1 Å². The highest BCUT2D eigenvalue weighted by molar-refractivity contribution is 5.94. The molecule has 123 heavy (non-hydrogen) atoms. The maximum Gasteiger partial charge on any atom is 0.142 e. The van der Waals surface area contributed by atoms with Crippen molar-refractivity contribution in [1.29, 1.82) is 0 Å². The fraction of sp³-hybridized carbons (Fsp3) is 0.906. The van der Waals surface area contributed by atoms with Gasteiger partial charge in [-0.05, 0) is 394 Å². The van der Waals surface area contributed by atoms with Crippen LogP contribution in [0.15, 0.2) is 50.7 Å². The first kappa shape index (κ1) is 97.9. The Morgan fingerprint density at radius 2 is 0.593 bits per heavy atom. The van der Waals surface area contributed by atoms with Gasteiger partial charge in [-0.15, -0.1) is 0 Å². The third-order valence-corrected chi connectivity index (χ3v) is 28.4. The van der Waals surface area contributed by atoms with Crippen LogP contribution in [-0.2, 0) is 14.5 Å². The number of hydrogen-bond acceptors (Lipinski definition) is 24. The van der Waals surface area contributed by atoms with Crippen LogP contribution in [0.1, 0.15) is 378 Å². The Hall–Kier alpha value is -4.17. The number of rotatable bonds is 23. The largest absolute Gasteiger partial charge is 0.371 e. The van der Waals surface area contributed by atoms with Crippen LogP contribution in [0.25, 0.3) is 0 Å². The fourth-order valence-electron chi connectivity index (χ4n) is 28.7. The topological polar surface area (TPSA) is 256 Å². The molecule has 12 heterocycles. The molecular formula is C96H182N24O3. The van der Waals surface area contributed by atoms with E-state index in [9.17, 15) is 0 Å². The minimum Gasteiger partial charge on any atom is -0.371 e. The van der Waals surface area contributed by atoms with Crippen molar-refractivity contribution in [2.75, 3.05) is 26.2 Å². The number of piperidine rings is 9. The van der Waals surface area contributed by atoms with Crippen molar-refractivity contribution in [3.8, 4) is 0 Å². The fourth-order valence-corrected chi connectivity index (χ4v) is 28.7. The highest BCUT2D eigenvalue weighted by atomic mass is 16.8. The molecule has 0 saturated carbocycles. The van der Waals surface area contributed by atoms with Gasteiger partial charge in [0.05, 0.1) is 30.4 Å². The molecule has 9 saturated heterocycles. The molecular weight excluding hydrogens is 1540 g/mol. The second kappa shape index (κ2) is 34.2. The summed E-state index contributed by atoms with van der Waals surface area (Å²) in [5, 5.41) is 36.9. The van der Waals surface area contributed by atoms with E-state index in [1.54, 1.807) is 15.8 Å². The lowest BCUT2D eigenvalue weighted by molar-refractivity contribution is -0.262. The number of likely N-dealkylation sites (tertiary alicyclic amines) is 3. The summed E-state index contributed by atoms with van der Waals surface area (Å²) in [4.78, 5) is 49.5. The standard InChI is InChI=1S/C96H182N24O3/c1-79(2)52-67(53-80(3,4)108-79)115-91(25,26)46-64(47-92(115,27)28)99-75-43-73(102-118(104-75)121-70-58-85(13,14)111-86(15,16)59-70)97-39-37-41-114(78-45-77(106-120(107-78)123-72-62-89(21,22)113-90(23,24)63-72)101-66-50-95(33,34)117(96(35,36)51-66)69-56-83(9,10)110-84(11,12)57-69)42-38-40-98-74-44-76(105-119(103-74)122-71-60-87(17,18)112-88(19,20)61-71)100-65-48-93(29,30)116(94(31,32)49-65)68-54-81(5,6)109-82(7,8)55-68/h43-45,64-72,97,100,102,105,107-113H,37-42,46-63H2,1-36H3,(H,98,103)(H,99,104)(H,101,106). The summed E-state index contributed by atoms with van der Waals surface area (Å²) in [6, 6.07) is 1.58. The molecule has 12 aliphatic heterocycles. The smallest absolute Gasteiger partial charge is 0.142 e. The molecule has 0 aromatic heterocycles. The molecule has 0 bridgehead atoms. The average Bonchev–Trinajstić information content (AvgIpc) is 0.744. The Morgan fingerprint density at radius 3 is 0.935 bits per heavy atom. The van der Waals surface area contributed by atoms with Gasteiger partial charge in [-0.2, -0.15) is 0 Å². The van der Waals surface area contributed by atoms with E-state index >= 15 is 0 Å². The maximum atomic E-state index is 7.24. The van der Waals surface area contributed by atoms with Crippen molar-refractivity contribution in [2.24, 2.45) is 15.0 Å². The van der Waals surface area contributed by atoms with Crippen LogP contribution in [0, 0.1) is 0 Å². The monoisotopic (exact) mass is 1720 g/mol. The molecule has 0 aromatic carbocycles. The third-order valence-electron chi connectivity index (χ3n) is 28.4. The van der Waals surface area contributed by atoms with Crippen LogP contribution in [0.3, 0.4) is 0 Å². The van der Waals surface area contributed by atoms with Crippen molar-refractivity contribution in [3.63, 3.8) is 0 Å². The highest BCUT2D eigenvalue weighted by Gasteiger charge is 2.57. The van der Waals surface area contributed by atoms with Crippen molar-refractivity contribution in [2.45, 2.75) is 532 Å². The predicted molar refractivity (Wildman–Crippen MR) is 506 cm³/mol. The molecule has 0 radical (unpaired) electrons. The van der Waals surface area contributed by atoms with E-state index in [0.29, 0.717) is 44.3 Å². The quantitative estimate of drug-likeness (QED) is 0.0424. The summed E-state index contributed by atoms with van der Waals surface area (Å²) >= 11 is 0. The number of hydrazine groups is 6. The number of hydrogen-bond donors (Lipinski definition) is 14. The van der Waals surface area contributed by atoms with Gasteiger partial charge in [-0.1, -0.05) is 0 Å². The first-order valence-electron chi connectivity index (χ1n) is 48.2. The molecule has 0 amide bonds. The third kappa shape index (κ3) is 25.7. The van der Waals surface area contributed by atoms with E-state index in [1.807, 2.05) is 0 Å². The van der Waals surface area contributed by atoms with E-state index in [4.69, 9.17) is 29.5 Å². The van der Waals surface area contributed by atoms with Crippen molar-refractivity contribution in [3.05, 3.63) is 35.7 Å². The van der Waals surface area contributed by atoms with Crippen LogP contribution in [0.4, 0.5) is 0 Å². The second-order valence-electron chi connectivity index (χ2n) is 52.4. The Bertz CT molecular complexity index is 3740. The Balaban J connectivity index is 0.855. The maximum absolute atomic E-state index is 7.24. The van der Waals surface area contributed by atoms with Crippen molar-refractivity contribution >= 4 is 17.5 Å². The van der Waals surface area contributed by atoms with Crippen LogP contribution in [0.2, 0.25) is 0 Å². The van der Waals surface area contributed by atoms with E-state index in [0.717, 1.165) is 163 Å². The number of nitrogens with one attached hydrogen (secondary N) is 14. The molecule has 27 heteroatoms. The van der Waals surface area contributed by atoms with Crippen LogP contribution >= 0.6 is 0 Å². The molecule has 0 spiro atoms. The van der Waals surface area contributed by atoms with Gasteiger partial charge in [0.25, 0.3) is 0 Å². The Morgan fingerprint density at radius 1 is 0.317 bits per heavy atom. The molecule has 0 aliphatic carbocycles. The van der Waals surface area contributed by atoms with Crippen LogP contribution in [-0.4, -0.2) is 233 Å². The van der Waals surface area contributed by atoms with Crippen LogP contribution in [0.5, 0.6) is 0 Å². The minimum atomic E-state index is -0.154. The summed E-state index contributed by atoms with van der Waals surface area (Å²) in [6.07, 6.45) is 25.1. The van der Waals surface area contributed by atoms with E-state index in [2.05, 4.69) is 362 Å². The summed E-state index contributed by atoms with van der Waals surface area (Å²) in [5.41, 5.74) is 20.9. The van der Waals surface area contributed by atoms with Crippen molar-refractivity contribution in [1.82, 2.24) is 111 Å². The zero-order valence-electron chi connectivity index (χ0n) is 84.6. The lowest BCUT2D eigenvalue weighted by Crippen LogP contribution is -2.71. The van der Waals surface area contributed by atoms with Gasteiger partial charge in [0.1, 0.15) is 35.0 Å². The Labute approximate surface area is 747 Å². The van der Waals surface area contributed by atoms with E-state index < -0.39 is 0 Å². The van der Waals surface area contributed by atoms with E-state index in [-0.39, 0.29) is 136 Å². The first-order chi connectivity index (χ1) is 55.9. The molecule has 27 nitrogen and oxygen atoms in total. The zero-order valence-corrected chi connectivity index (χ0v) is 84.6. The minimum absolute atomic E-state index is 0.0129. The number of nitrogens with zero attached hydrogens (tertiary/aromatic N) is 10. The molecule has 14 N–H and O–H groups in total. The summed E-state index contributed by atoms with van der Waals surface area (Å²) in [7, 11) is 0. The second-order valence-corrected chi connectivity index (χ2v) is 52.4. The number of aliphatic imine (C=N–C) groups is 3. The van der Waals surface area contributed by atoms with E-state index in [1.165, 1.54) is 0 Å². The molecule has 0 unspecified atom stereocenters. The zero-order chi connectivity index (χ0) is 90.9. The Kier molecular flexibility index (Phi) is 27.2. The van der Waals surface area contributed by atoms with Gasteiger partial charge >= 0.3 is 0 Å². The van der Waals surface area contributed by atoms with Gasteiger partial charge in [-0.3, -0.25) is 76.7 Å². The molecule has 0 atom stereocenters. The SMILES string of the molecule is CC1(C)CC(ON2NC(NCCCN(CCCN=C3C=C(NC4CC(C)(C)N(C5CC(C)(C)NC(C)(C)C5)C(C)(C)C4)NN(OC4CC(C)(C)NC(C)(C)C4)N3)C3=CC(=NC4CC(C)(C)N(C5CC(C)(C)NC(C)(C)C5)C(C)(C)C4)NN(OC4CC(C)(C)NC(C)(C)C4)N3)=CC(=NC3CC(C)(C)N(C4CC(C)(C)NC(C)(C)C4)C(C)(C)C3)N2)CC(C)(C)N1. The molecule has 704 valence electrons. The molecule has 0 aromatic rings. The molecule has 12 rings (SSSR count). The van der Waals surface area contributed by atoms with Gasteiger partial charge < -0.3 is 47.4 Å².